The molecule has 0 saturated heterocycles. The molecule has 0 atom stereocenters. The van der Waals surface area contributed by atoms with Gasteiger partial charge in [-0.2, -0.15) is 0 Å². The van der Waals surface area contributed by atoms with Gasteiger partial charge in [0, 0.05) is 6.54 Å². The molecule has 1 aromatic carbocycles. The number of anilines is 1. The Hall–Kier alpha value is -1.60. The molecular weight excluding hydrogens is 256 g/mol. The lowest BCUT2D eigenvalue weighted by Gasteiger charge is -2.11. The standard InChI is InChI=1S/C11H16N2O4S/c1-12-18(15,16)10-6-4-3-5-9(10)13-8-7-11(14)17-2/h3-6,12-13H,7-8H2,1-2H3. The summed E-state index contributed by atoms with van der Waals surface area (Å²) in [6.45, 7) is 0.308. The minimum atomic E-state index is -3.51. The molecule has 0 saturated carbocycles. The number of hydrogen-bond acceptors (Lipinski definition) is 5. The maximum absolute atomic E-state index is 11.7. The summed E-state index contributed by atoms with van der Waals surface area (Å²) in [5.41, 5.74) is 0.454. The topological polar surface area (TPSA) is 84.5 Å². The third-order valence-electron chi connectivity index (χ3n) is 2.32. The zero-order valence-electron chi connectivity index (χ0n) is 10.3. The largest absolute Gasteiger partial charge is 0.469 e. The number of esters is 1. The maximum Gasteiger partial charge on any atom is 0.307 e. The van der Waals surface area contributed by atoms with Crippen molar-refractivity contribution < 1.29 is 17.9 Å². The highest BCUT2D eigenvalue weighted by Crippen LogP contribution is 2.20. The predicted octanol–water partition coefficient (Wildman–Crippen LogP) is 0.570. The van der Waals surface area contributed by atoms with Crippen molar-refractivity contribution in [3.63, 3.8) is 0 Å². The second-order valence-electron chi connectivity index (χ2n) is 3.46. The van der Waals surface area contributed by atoms with Gasteiger partial charge in [0.2, 0.25) is 10.0 Å². The fourth-order valence-corrected chi connectivity index (χ4v) is 2.27. The van der Waals surface area contributed by atoms with Crippen molar-refractivity contribution in [1.82, 2.24) is 4.72 Å². The van der Waals surface area contributed by atoms with Gasteiger partial charge in [0.1, 0.15) is 4.90 Å². The highest BCUT2D eigenvalue weighted by atomic mass is 32.2. The summed E-state index contributed by atoms with van der Waals surface area (Å²) >= 11 is 0. The fraction of sp³-hybridized carbons (Fsp3) is 0.364. The van der Waals surface area contributed by atoms with Crippen LogP contribution in [0, 0.1) is 0 Å². The van der Waals surface area contributed by atoms with Crippen molar-refractivity contribution in [3.8, 4) is 0 Å². The predicted molar refractivity (Wildman–Crippen MR) is 67.8 cm³/mol. The first-order chi connectivity index (χ1) is 8.51. The SMILES string of the molecule is CNS(=O)(=O)c1ccccc1NCCC(=O)OC. The number of hydrogen-bond donors (Lipinski definition) is 2. The lowest BCUT2D eigenvalue weighted by molar-refractivity contribution is -0.140. The molecule has 18 heavy (non-hydrogen) atoms. The lowest BCUT2D eigenvalue weighted by Crippen LogP contribution is -2.20. The molecule has 1 rings (SSSR count). The van der Waals surface area contributed by atoms with Gasteiger partial charge in [-0.3, -0.25) is 4.79 Å². The summed E-state index contributed by atoms with van der Waals surface area (Å²) in [5, 5.41) is 2.90. The molecule has 0 aliphatic carbocycles. The van der Waals surface area contributed by atoms with Crippen LogP contribution in [0.3, 0.4) is 0 Å². The zero-order chi connectivity index (χ0) is 13.6. The third-order valence-corrected chi connectivity index (χ3v) is 3.79. The zero-order valence-corrected chi connectivity index (χ0v) is 11.1. The maximum atomic E-state index is 11.7. The molecule has 6 nitrogen and oxygen atoms in total. The van der Waals surface area contributed by atoms with Gasteiger partial charge in [-0.25, -0.2) is 13.1 Å². The van der Waals surface area contributed by atoms with E-state index in [9.17, 15) is 13.2 Å². The molecule has 0 amide bonds. The molecule has 0 bridgehead atoms. The van der Waals surface area contributed by atoms with Crippen LogP contribution in [-0.4, -0.2) is 35.1 Å². The monoisotopic (exact) mass is 272 g/mol. The Balaban J connectivity index is 2.81. The highest BCUT2D eigenvalue weighted by molar-refractivity contribution is 7.89. The Morgan fingerprint density at radius 1 is 1.33 bits per heavy atom. The number of ether oxygens (including phenoxy) is 1. The van der Waals surface area contributed by atoms with Crippen LogP contribution in [0.1, 0.15) is 6.42 Å². The summed E-state index contributed by atoms with van der Waals surface area (Å²) in [6.07, 6.45) is 0.171. The molecule has 0 radical (unpaired) electrons. The number of para-hydroxylation sites is 1. The van der Waals surface area contributed by atoms with Crippen LogP contribution in [0.5, 0.6) is 0 Å². The Morgan fingerprint density at radius 2 is 2.00 bits per heavy atom. The van der Waals surface area contributed by atoms with Gasteiger partial charge in [0.25, 0.3) is 0 Å². The van der Waals surface area contributed by atoms with Crippen LogP contribution >= 0.6 is 0 Å². The van der Waals surface area contributed by atoms with Gasteiger partial charge >= 0.3 is 5.97 Å². The molecule has 0 heterocycles. The summed E-state index contributed by atoms with van der Waals surface area (Å²) in [4.78, 5) is 11.1. The van der Waals surface area contributed by atoms with Gasteiger partial charge < -0.3 is 10.1 Å². The first kappa shape index (κ1) is 14.5. The van der Waals surface area contributed by atoms with Crippen LogP contribution in [0.4, 0.5) is 5.69 Å². The number of sulfonamides is 1. The van der Waals surface area contributed by atoms with E-state index in [1.165, 1.54) is 20.2 Å². The van der Waals surface area contributed by atoms with Gasteiger partial charge in [-0.15, -0.1) is 0 Å². The Morgan fingerprint density at radius 3 is 2.61 bits per heavy atom. The van der Waals surface area contributed by atoms with Crippen molar-refractivity contribution in [1.29, 1.82) is 0 Å². The van der Waals surface area contributed by atoms with E-state index in [0.717, 1.165) is 0 Å². The van der Waals surface area contributed by atoms with E-state index >= 15 is 0 Å². The molecular formula is C11H16N2O4S. The minimum Gasteiger partial charge on any atom is -0.469 e. The van der Waals surface area contributed by atoms with Crippen LogP contribution < -0.4 is 10.0 Å². The molecule has 0 unspecified atom stereocenters. The van der Waals surface area contributed by atoms with Crippen LogP contribution in [-0.2, 0) is 19.6 Å². The van der Waals surface area contributed by atoms with Gasteiger partial charge in [-0.1, -0.05) is 12.1 Å². The van der Waals surface area contributed by atoms with Crippen molar-refractivity contribution in [2.75, 3.05) is 26.0 Å². The first-order valence-corrected chi connectivity index (χ1v) is 6.83. The quantitative estimate of drug-likeness (QED) is 0.740. The minimum absolute atomic E-state index is 0.150. The average molecular weight is 272 g/mol. The number of nitrogens with one attached hydrogen (secondary N) is 2. The number of rotatable bonds is 6. The molecule has 0 fully saturated rings. The van der Waals surface area contributed by atoms with Crippen LogP contribution in [0.25, 0.3) is 0 Å². The number of carbonyl (C=O) groups excluding carboxylic acids is 1. The van der Waals surface area contributed by atoms with Gasteiger partial charge in [0.05, 0.1) is 19.2 Å². The molecule has 0 spiro atoms. The molecule has 7 heteroatoms. The number of methoxy groups -OCH3 is 1. The lowest BCUT2D eigenvalue weighted by atomic mass is 10.3. The second kappa shape index (κ2) is 6.36. The van der Waals surface area contributed by atoms with Gasteiger partial charge in [0.15, 0.2) is 0 Å². The molecule has 100 valence electrons. The number of benzene rings is 1. The van der Waals surface area contributed by atoms with E-state index < -0.39 is 10.0 Å². The van der Waals surface area contributed by atoms with E-state index in [1.807, 2.05) is 0 Å². The van der Waals surface area contributed by atoms with E-state index in [0.29, 0.717) is 12.2 Å². The van der Waals surface area contributed by atoms with Crippen LogP contribution in [0.2, 0.25) is 0 Å². The highest BCUT2D eigenvalue weighted by Gasteiger charge is 2.15. The molecule has 0 aliphatic heterocycles. The summed E-state index contributed by atoms with van der Waals surface area (Å²) < 4.78 is 30.2. The summed E-state index contributed by atoms with van der Waals surface area (Å²) in [6, 6.07) is 6.48. The van der Waals surface area contributed by atoms with Crippen molar-refractivity contribution in [2.45, 2.75) is 11.3 Å². The molecule has 2 N–H and O–H groups in total. The summed E-state index contributed by atoms with van der Waals surface area (Å²) in [5.74, 6) is -0.351. The Bertz CT molecular complexity index is 514. The van der Waals surface area contributed by atoms with Crippen molar-refractivity contribution in [3.05, 3.63) is 24.3 Å². The summed E-state index contributed by atoms with van der Waals surface area (Å²) in [7, 11) is -0.859. The molecule has 1 aromatic rings. The van der Waals surface area contributed by atoms with Gasteiger partial charge in [-0.05, 0) is 19.2 Å². The normalized spacial score (nSPS) is 11.0. The molecule has 0 aromatic heterocycles. The van der Waals surface area contributed by atoms with Crippen molar-refractivity contribution in [2.24, 2.45) is 0 Å². The average Bonchev–Trinajstić information content (AvgIpc) is 2.39. The van der Waals surface area contributed by atoms with E-state index in [2.05, 4.69) is 14.8 Å². The molecule has 0 aliphatic rings. The first-order valence-electron chi connectivity index (χ1n) is 5.34. The Labute approximate surface area is 106 Å². The smallest absolute Gasteiger partial charge is 0.307 e. The van der Waals surface area contributed by atoms with Crippen molar-refractivity contribution >= 4 is 21.7 Å². The second-order valence-corrected chi connectivity index (χ2v) is 5.31. The third kappa shape index (κ3) is 3.71. The van der Waals surface area contributed by atoms with E-state index in [-0.39, 0.29) is 17.3 Å². The van der Waals surface area contributed by atoms with Crippen LogP contribution in [0.15, 0.2) is 29.2 Å². The van der Waals surface area contributed by atoms with E-state index in [1.54, 1.807) is 18.2 Å². The van der Waals surface area contributed by atoms with E-state index in [4.69, 9.17) is 0 Å². The number of carbonyl (C=O) groups is 1. The Kier molecular flexibility index (Phi) is 5.11. The fourth-order valence-electron chi connectivity index (χ4n) is 1.36.